The van der Waals surface area contributed by atoms with E-state index in [0.29, 0.717) is 5.96 Å². The zero-order valence-corrected chi connectivity index (χ0v) is 14.6. The molecule has 0 bridgehead atoms. The van der Waals surface area contributed by atoms with Crippen molar-refractivity contribution in [3.8, 4) is 0 Å². The van der Waals surface area contributed by atoms with Gasteiger partial charge in [0.1, 0.15) is 0 Å². The molecule has 0 aliphatic carbocycles. The van der Waals surface area contributed by atoms with Gasteiger partial charge in [-0.1, -0.05) is 51.9 Å². The molecule has 5 nitrogen and oxygen atoms in total. The van der Waals surface area contributed by atoms with Crippen LogP contribution < -0.4 is 5.73 Å². The van der Waals surface area contributed by atoms with E-state index in [9.17, 15) is 4.79 Å². The van der Waals surface area contributed by atoms with Crippen molar-refractivity contribution in [1.82, 2.24) is 4.90 Å². The van der Waals surface area contributed by atoms with E-state index in [4.69, 9.17) is 10.5 Å². The predicted octanol–water partition coefficient (Wildman–Crippen LogP) is 3.35. The molecule has 1 saturated heterocycles. The molecule has 0 saturated carbocycles. The standard InChI is InChI=1S/C18H31N3O2/c1-3-4-5-6-7-8-9-11-14-16(17(22)23-2)15-12-10-13-21(15)18(19)20-14/h14H,3-13H2,1-2H3,(H2,19,20). The third kappa shape index (κ3) is 4.49. The van der Waals surface area contributed by atoms with Gasteiger partial charge < -0.3 is 15.4 Å². The molecule has 0 aromatic heterocycles. The minimum atomic E-state index is -0.240. The third-order valence-corrected chi connectivity index (χ3v) is 4.82. The SMILES string of the molecule is CCCCCCCCCC1N=C(N)N2CCCC2=C1C(=O)OC. The number of allylic oxidation sites excluding steroid dienone is 1. The monoisotopic (exact) mass is 321 g/mol. The summed E-state index contributed by atoms with van der Waals surface area (Å²) in [6.07, 6.45) is 11.6. The van der Waals surface area contributed by atoms with Gasteiger partial charge in [-0.25, -0.2) is 9.79 Å². The molecule has 0 aromatic carbocycles. The highest BCUT2D eigenvalue weighted by atomic mass is 16.5. The number of rotatable bonds is 9. The molecule has 0 radical (unpaired) electrons. The first-order chi connectivity index (χ1) is 11.2. The molecule has 2 heterocycles. The maximum Gasteiger partial charge on any atom is 0.337 e. The van der Waals surface area contributed by atoms with Crippen LogP contribution in [-0.2, 0) is 9.53 Å². The highest BCUT2D eigenvalue weighted by molar-refractivity contribution is 5.94. The van der Waals surface area contributed by atoms with Gasteiger partial charge in [-0.15, -0.1) is 0 Å². The van der Waals surface area contributed by atoms with Gasteiger partial charge in [-0.3, -0.25) is 0 Å². The van der Waals surface area contributed by atoms with Crippen LogP contribution in [0.5, 0.6) is 0 Å². The predicted molar refractivity (Wildman–Crippen MR) is 93.0 cm³/mol. The maximum absolute atomic E-state index is 12.2. The van der Waals surface area contributed by atoms with Crippen molar-refractivity contribution in [3.05, 3.63) is 11.3 Å². The number of guanidine groups is 1. The summed E-state index contributed by atoms with van der Waals surface area (Å²) in [5, 5.41) is 0. The Hall–Kier alpha value is -1.52. The largest absolute Gasteiger partial charge is 0.466 e. The van der Waals surface area contributed by atoms with Crippen LogP contribution in [-0.4, -0.2) is 36.5 Å². The number of methoxy groups -OCH3 is 1. The fraction of sp³-hybridized carbons (Fsp3) is 0.778. The summed E-state index contributed by atoms with van der Waals surface area (Å²) in [5.74, 6) is 0.328. The van der Waals surface area contributed by atoms with Crippen LogP contribution in [0.3, 0.4) is 0 Å². The molecule has 2 aliphatic rings. The van der Waals surface area contributed by atoms with Crippen molar-refractivity contribution in [3.63, 3.8) is 0 Å². The van der Waals surface area contributed by atoms with Crippen molar-refractivity contribution in [2.75, 3.05) is 13.7 Å². The second-order valence-corrected chi connectivity index (χ2v) is 6.52. The lowest BCUT2D eigenvalue weighted by molar-refractivity contribution is -0.136. The first-order valence-electron chi connectivity index (χ1n) is 9.11. The van der Waals surface area contributed by atoms with E-state index in [0.717, 1.165) is 43.5 Å². The molecular weight excluding hydrogens is 290 g/mol. The Morgan fingerprint density at radius 1 is 1.26 bits per heavy atom. The third-order valence-electron chi connectivity index (χ3n) is 4.82. The molecule has 5 heteroatoms. The molecule has 1 atom stereocenters. The molecule has 23 heavy (non-hydrogen) atoms. The molecule has 1 unspecified atom stereocenters. The number of hydrogen-bond donors (Lipinski definition) is 1. The number of aliphatic imine (C=N–C) groups is 1. The van der Waals surface area contributed by atoms with Gasteiger partial charge in [0.15, 0.2) is 5.96 Å². The number of nitrogens with zero attached hydrogens (tertiary/aromatic N) is 2. The van der Waals surface area contributed by atoms with E-state index >= 15 is 0 Å². The Bertz CT molecular complexity index is 471. The van der Waals surface area contributed by atoms with Crippen LogP contribution in [0.4, 0.5) is 0 Å². The Morgan fingerprint density at radius 3 is 2.65 bits per heavy atom. The minimum absolute atomic E-state index is 0.123. The Balaban J connectivity index is 1.91. The summed E-state index contributed by atoms with van der Waals surface area (Å²) in [5.41, 5.74) is 7.87. The summed E-state index contributed by atoms with van der Waals surface area (Å²) < 4.78 is 5.00. The average molecular weight is 321 g/mol. The highest BCUT2D eigenvalue weighted by Gasteiger charge is 2.35. The summed E-state index contributed by atoms with van der Waals surface area (Å²) in [4.78, 5) is 18.8. The number of carbonyl (C=O) groups is 1. The van der Waals surface area contributed by atoms with Gasteiger partial charge in [0.2, 0.25) is 0 Å². The number of nitrogens with two attached hydrogens (primary N) is 1. The van der Waals surface area contributed by atoms with Gasteiger partial charge in [0.25, 0.3) is 0 Å². The van der Waals surface area contributed by atoms with E-state index in [1.807, 2.05) is 4.90 Å². The molecular formula is C18H31N3O2. The molecule has 2 N–H and O–H groups in total. The van der Waals surface area contributed by atoms with E-state index < -0.39 is 0 Å². The summed E-state index contributed by atoms with van der Waals surface area (Å²) in [6.45, 7) is 3.09. The molecule has 130 valence electrons. The lowest BCUT2D eigenvalue weighted by Crippen LogP contribution is -2.41. The van der Waals surface area contributed by atoms with Gasteiger partial charge in [-0.2, -0.15) is 0 Å². The quantitative estimate of drug-likeness (QED) is 0.522. The number of ether oxygens (including phenoxy) is 1. The van der Waals surface area contributed by atoms with Crippen LogP contribution in [0, 0.1) is 0 Å². The van der Waals surface area contributed by atoms with Crippen molar-refractivity contribution in [2.45, 2.75) is 77.2 Å². The van der Waals surface area contributed by atoms with E-state index in [2.05, 4.69) is 11.9 Å². The Labute approximate surface area is 140 Å². The second kappa shape index (κ2) is 8.94. The van der Waals surface area contributed by atoms with Crippen LogP contribution in [0.2, 0.25) is 0 Å². The lowest BCUT2D eigenvalue weighted by Gasteiger charge is -2.30. The van der Waals surface area contributed by atoms with Gasteiger partial charge >= 0.3 is 5.97 Å². The molecule has 2 rings (SSSR count). The summed E-state index contributed by atoms with van der Waals surface area (Å²) in [6, 6.07) is -0.123. The smallest absolute Gasteiger partial charge is 0.337 e. The Morgan fingerprint density at radius 2 is 1.96 bits per heavy atom. The fourth-order valence-corrected chi connectivity index (χ4v) is 3.56. The first-order valence-corrected chi connectivity index (χ1v) is 9.11. The van der Waals surface area contributed by atoms with E-state index in [-0.39, 0.29) is 12.0 Å². The maximum atomic E-state index is 12.2. The van der Waals surface area contributed by atoms with Crippen LogP contribution in [0.25, 0.3) is 0 Å². The summed E-state index contributed by atoms with van der Waals surface area (Å²) in [7, 11) is 1.45. The van der Waals surface area contributed by atoms with Crippen molar-refractivity contribution >= 4 is 11.9 Å². The second-order valence-electron chi connectivity index (χ2n) is 6.52. The van der Waals surface area contributed by atoms with Gasteiger partial charge in [0.05, 0.1) is 18.7 Å². The zero-order chi connectivity index (χ0) is 16.7. The fourth-order valence-electron chi connectivity index (χ4n) is 3.56. The van der Waals surface area contributed by atoms with Crippen LogP contribution in [0.1, 0.15) is 71.1 Å². The number of esters is 1. The topological polar surface area (TPSA) is 67.9 Å². The number of hydrogen-bond acceptors (Lipinski definition) is 5. The van der Waals surface area contributed by atoms with E-state index in [1.165, 1.54) is 45.6 Å². The van der Waals surface area contributed by atoms with Crippen molar-refractivity contribution in [2.24, 2.45) is 10.7 Å². The van der Waals surface area contributed by atoms with Crippen molar-refractivity contribution in [1.29, 1.82) is 0 Å². The lowest BCUT2D eigenvalue weighted by atomic mass is 9.96. The van der Waals surface area contributed by atoms with Crippen LogP contribution in [0.15, 0.2) is 16.3 Å². The highest BCUT2D eigenvalue weighted by Crippen LogP contribution is 2.32. The Kier molecular flexibility index (Phi) is 6.93. The van der Waals surface area contributed by atoms with Crippen LogP contribution >= 0.6 is 0 Å². The molecule has 0 aromatic rings. The minimum Gasteiger partial charge on any atom is -0.466 e. The number of unbranched alkanes of at least 4 members (excludes halogenated alkanes) is 6. The number of carbonyl (C=O) groups excluding carboxylic acids is 1. The average Bonchev–Trinajstić information content (AvgIpc) is 3.03. The van der Waals surface area contributed by atoms with E-state index in [1.54, 1.807) is 0 Å². The molecule has 0 spiro atoms. The van der Waals surface area contributed by atoms with Crippen molar-refractivity contribution < 1.29 is 9.53 Å². The normalized spacial score (nSPS) is 20.5. The zero-order valence-electron chi connectivity index (χ0n) is 14.6. The first kappa shape index (κ1) is 17.8. The number of fused-ring (bicyclic) bond motifs is 1. The molecule has 1 fully saturated rings. The molecule has 0 amide bonds. The molecule has 2 aliphatic heterocycles. The summed E-state index contributed by atoms with van der Waals surface area (Å²) >= 11 is 0. The van der Waals surface area contributed by atoms with Gasteiger partial charge in [0, 0.05) is 12.2 Å². The van der Waals surface area contributed by atoms with Gasteiger partial charge in [-0.05, 0) is 19.3 Å².